The normalized spacial score (nSPS) is 30.0. The van der Waals surface area contributed by atoms with E-state index in [4.69, 9.17) is 5.73 Å². The van der Waals surface area contributed by atoms with E-state index in [0.29, 0.717) is 6.04 Å². The van der Waals surface area contributed by atoms with Crippen LogP contribution in [0.25, 0.3) is 0 Å². The van der Waals surface area contributed by atoms with Crippen LogP contribution in [-0.2, 0) is 0 Å². The summed E-state index contributed by atoms with van der Waals surface area (Å²) in [5.74, 6) is 0. The van der Waals surface area contributed by atoms with Gasteiger partial charge in [0.1, 0.15) is 0 Å². The van der Waals surface area contributed by atoms with Gasteiger partial charge < -0.3 is 16.0 Å². The van der Waals surface area contributed by atoms with Crippen LogP contribution in [0.15, 0.2) is 0 Å². The van der Waals surface area contributed by atoms with E-state index in [9.17, 15) is 0 Å². The van der Waals surface area contributed by atoms with E-state index in [1.807, 2.05) is 0 Å². The van der Waals surface area contributed by atoms with Gasteiger partial charge in [-0.05, 0) is 20.0 Å². The fourth-order valence-corrected chi connectivity index (χ4v) is 1.35. The zero-order valence-corrected chi connectivity index (χ0v) is 6.64. The highest BCUT2D eigenvalue weighted by molar-refractivity contribution is 4.74. The molecule has 0 aromatic carbocycles. The summed E-state index contributed by atoms with van der Waals surface area (Å²) in [5, 5.41) is 3.34. The number of nitrogens with one attached hydrogen (secondary N) is 1. The van der Waals surface area contributed by atoms with Crippen LogP contribution >= 0.6 is 0 Å². The van der Waals surface area contributed by atoms with Crippen LogP contribution in [0.1, 0.15) is 6.42 Å². The number of nitrogens with two attached hydrogens (primary N) is 1. The molecule has 1 aliphatic rings. The monoisotopic (exact) mass is 143 g/mol. The van der Waals surface area contributed by atoms with Gasteiger partial charge in [-0.25, -0.2) is 0 Å². The molecule has 0 aromatic rings. The van der Waals surface area contributed by atoms with Crippen molar-refractivity contribution in [2.75, 3.05) is 33.2 Å². The van der Waals surface area contributed by atoms with Crippen molar-refractivity contribution in [3.05, 3.63) is 0 Å². The van der Waals surface area contributed by atoms with E-state index in [1.54, 1.807) is 0 Å². The first-order valence-electron chi connectivity index (χ1n) is 3.95. The average molecular weight is 143 g/mol. The largest absolute Gasteiger partial charge is 0.329 e. The number of nitrogens with zero attached hydrogens (tertiary/aromatic N) is 1. The van der Waals surface area contributed by atoms with Crippen LogP contribution in [0.5, 0.6) is 0 Å². The molecule has 0 saturated carbocycles. The lowest BCUT2D eigenvalue weighted by Crippen LogP contribution is -2.38. The molecule has 1 saturated heterocycles. The predicted octanol–water partition coefficient (Wildman–Crippen LogP) is -0.761. The SMILES string of the molecule is CN1CCNCCC1CN. The molecule has 1 rings (SSSR count). The van der Waals surface area contributed by atoms with Gasteiger partial charge in [0.25, 0.3) is 0 Å². The van der Waals surface area contributed by atoms with E-state index in [0.717, 1.165) is 26.2 Å². The van der Waals surface area contributed by atoms with Crippen LogP contribution in [0.2, 0.25) is 0 Å². The second-order valence-corrected chi connectivity index (χ2v) is 2.91. The maximum atomic E-state index is 5.59. The molecule has 1 heterocycles. The van der Waals surface area contributed by atoms with E-state index in [1.165, 1.54) is 6.42 Å². The highest BCUT2D eigenvalue weighted by atomic mass is 15.2. The fourth-order valence-electron chi connectivity index (χ4n) is 1.35. The Morgan fingerprint density at radius 3 is 3.10 bits per heavy atom. The maximum absolute atomic E-state index is 5.59. The van der Waals surface area contributed by atoms with Gasteiger partial charge >= 0.3 is 0 Å². The van der Waals surface area contributed by atoms with Crippen LogP contribution in [0.3, 0.4) is 0 Å². The van der Waals surface area contributed by atoms with E-state index in [2.05, 4.69) is 17.3 Å². The summed E-state index contributed by atoms with van der Waals surface area (Å²) in [6.07, 6.45) is 1.19. The molecule has 3 heteroatoms. The topological polar surface area (TPSA) is 41.3 Å². The third-order valence-electron chi connectivity index (χ3n) is 2.19. The van der Waals surface area contributed by atoms with Crippen molar-refractivity contribution in [3.8, 4) is 0 Å². The first kappa shape index (κ1) is 7.98. The van der Waals surface area contributed by atoms with Crippen molar-refractivity contribution in [1.29, 1.82) is 0 Å². The maximum Gasteiger partial charge on any atom is 0.0227 e. The van der Waals surface area contributed by atoms with E-state index < -0.39 is 0 Å². The summed E-state index contributed by atoms with van der Waals surface area (Å²) in [6, 6.07) is 0.593. The summed E-state index contributed by atoms with van der Waals surface area (Å²) < 4.78 is 0. The molecule has 0 radical (unpaired) electrons. The molecule has 0 aliphatic carbocycles. The average Bonchev–Trinajstić information content (AvgIpc) is 2.13. The van der Waals surface area contributed by atoms with Crippen molar-refractivity contribution < 1.29 is 0 Å². The molecule has 0 amide bonds. The van der Waals surface area contributed by atoms with Crippen LogP contribution in [-0.4, -0.2) is 44.2 Å². The Balaban J connectivity index is 2.35. The summed E-state index contributed by atoms with van der Waals surface area (Å²) in [6.45, 7) is 4.14. The van der Waals surface area contributed by atoms with Gasteiger partial charge in [0.05, 0.1) is 0 Å². The van der Waals surface area contributed by atoms with Gasteiger partial charge in [0.2, 0.25) is 0 Å². The molecule has 1 unspecified atom stereocenters. The molecular formula is C7H17N3. The fraction of sp³-hybridized carbons (Fsp3) is 1.00. The predicted molar refractivity (Wildman–Crippen MR) is 43.0 cm³/mol. The first-order chi connectivity index (χ1) is 4.84. The lowest BCUT2D eigenvalue weighted by atomic mass is 10.2. The molecule has 1 aliphatic heterocycles. The van der Waals surface area contributed by atoms with Crippen LogP contribution < -0.4 is 11.1 Å². The summed E-state index contributed by atoms with van der Waals surface area (Å²) in [7, 11) is 2.14. The van der Waals surface area contributed by atoms with Gasteiger partial charge in [-0.2, -0.15) is 0 Å². The molecule has 60 valence electrons. The zero-order valence-electron chi connectivity index (χ0n) is 6.64. The van der Waals surface area contributed by atoms with Crippen LogP contribution in [0.4, 0.5) is 0 Å². The van der Waals surface area contributed by atoms with Gasteiger partial charge in [-0.15, -0.1) is 0 Å². The molecule has 3 nitrogen and oxygen atoms in total. The number of hydrogen-bond donors (Lipinski definition) is 2. The number of hydrogen-bond acceptors (Lipinski definition) is 3. The highest BCUT2D eigenvalue weighted by Crippen LogP contribution is 2.01. The standard InChI is InChI=1S/C7H17N3/c1-10-5-4-9-3-2-7(10)6-8/h7,9H,2-6,8H2,1H3. The Bertz CT molecular complexity index is 94.9. The summed E-state index contributed by atoms with van der Waals surface area (Å²) in [4.78, 5) is 2.33. The lowest BCUT2D eigenvalue weighted by Gasteiger charge is -2.23. The minimum Gasteiger partial charge on any atom is -0.329 e. The quantitative estimate of drug-likeness (QED) is 0.507. The minimum atomic E-state index is 0.593. The van der Waals surface area contributed by atoms with Crippen LogP contribution in [0, 0.1) is 0 Å². The molecule has 0 spiro atoms. The summed E-state index contributed by atoms with van der Waals surface area (Å²) in [5.41, 5.74) is 5.59. The van der Waals surface area contributed by atoms with Gasteiger partial charge in [0, 0.05) is 25.7 Å². The molecular weight excluding hydrogens is 126 g/mol. The van der Waals surface area contributed by atoms with Crippen molar-refractivity contribution in [1.82, 2.24) is 10.2 Å². The molecule has 3 N–H and O–H groups in total. The zero-order chi connectivity index (χ0) is 7.40. The Kier molecular flexibility index (Phi) is 3.12. The first-order valence-corrected chi connectivity index (χ1v) is 3.95. The third-order valence-corrected chi connectivity index (χ3v) is 2.19. The minimum absolute atomic E-state index is 0.593. The van der Waals surface area contributed by atoms with Crippen molar-refractivity contribution >= 4 is 0 Å². The van der Waals surface area contributed by atoms with Crippen molar-refractivity contribution in [2.24, 2.45) is 5.73 Å². The Hall–Kier alpha value is -0.120. The highest BCUT2D eigenvalue weighted by Gasteiger charge is 2.14. The second kappa shape index (κ2) is 3.91. The smallest absolute Gasteiger partial charge is 0.0227 e. The van der Waals surface area contributed by atoms with E-state index in [-0.39, 0.29) is 0 Å². The Morgan fingerprint density at radius 2 is 2.40 bits per heavy atom. The molecule has 1 fully saturated rings. The number of rotatable bonds is 1. The number of likely N-dealkylation sites (N-methyl/N-ethyl adjacent to an activating group) is 1. The second-order valence-electron chi connectivity index (χ2n) is 2.91. The molecule has 1 atom stereocenters. The third kappa shape index (κ3) is 1.94. The van der Waals surface area contributed by atoms with Gasteiger partial charge in [0.15, 0.2) is 0 Å². The Morgan fingerprint density at radius 1 is 1.60 bits per heavy atom. The lowest BCUT2D eigenvalue weighted by molar-refractivity contribution is 0.260. The van der Waals surface area contributed by atoms with E-state index >= 15 is 0 Å². The van der Waals surface area contributed by atoms with Crippen molar-refractivity contribution in [2.45, 2.75) is 12.5 Å². The van der Waals surface area contributed by atoms with Gasteiger partial charge in [-0.3, -0.25) is 0 Å². The van der Waals surface area contributed by atoms with Crippen molar-refractivity contribution in [3.63, 3.8) is 0 Å². The Labute approximate surface area is 62.6 Å². The molecule has 0 aromatic heterocycles. The molecule has 0 bridgehead atoms. The van der Waals surface area contributed by atoms with Gasteiger partial charge in [-0.1, -0.05) is 0 Å². The molecule has 10 heavy (non-hydrogen) atoms. The summed E-state index contributed by atoms with van der Waals surface area (Å²) >= 11 is 0.